The number of benzene rings is 1. The summed E-state index contributed by atoms with van der Waals surface area (Å²) in [6, 6.07) is 6.40. The summed E-state index contributed by atoms with van der Waals surface area (Å²) in [5.41, 5.74) is 6.49. The van der Waals surface area contributed by atoms with Crippen LogP contribution in [0.15, 0.2) is 24.3 Å². The van der Waals surface area contributed by atoms with E-state index in [1.165, 1.54) is 19.3 Å². The zero-order valence-corrected chi connectivity index (χ0v) is 12.9. The van der Waals surface area contributed by atoms with Crippen molar-refractivity contribution in [3.63, 3.8) is 0 Å². The first kappa shape index (κ1) is 16.3. The van der Waals surface area contributed by atoms with Gasteiger partial charge >= 0.3 is 0 Å². The summed E-state index contributed by atoms with van der Waals surface area (Å²) < 4.78 is 0. The van der Waals surface area contributed by atoms with Gasteiger partial charge in [-0.05, 0) is 24.5 Å². The van der Waals surface area contributed by atoms with Crippen LogP contribution in [0.4, 0.5) is 5.69 Å². The number of carbonyl (C=O) groups is 1. The van der Waals surface area contributed by atoms with Gasteiger partial charge in [0.15, 0.2) is 0 Å². The van der Waals surface area contributed by atoms with Crippen molar-refractivity contribution >= 4 is 23.2 Å². The van der Waals surface area contributed by atoms with Crippen molar-refractivity contribution in [1.29, 1.82) is 0 Å². The lowest BCUT2D eigenvalue weighted by Crippen LogP contribution is -2.44. The van der Waals surface area contributed by atoms with E-state index in [0.29, 0.717) is 23.0 Å². The predicted molar refractivity (Wildman–Crippen MR) is 85.3 cm³/mol. The van der Waals surface area contributed by atoms with Crippen LogP contribution in [0.3, 0.4) is 0 Å². The maximum absolute atomic E-state index is 12.0. The molecule has 4 N–H and O–H groups in total. The Labute approximate surface area is 130 Å². The lowest BCUT2D eigenvalue weighted by molar-refractivity contribution is -0.125. The number of hydrogen-bond donors (Lipinski definition) is 3. The molecule has 0 saturated heterocycles. The number of anilines is 1. The van der Waals surface area contributed by atoms with Gasteiger partial charge in [0.05, 0.1) is 10.7 Å². The number of carbonyl (C=O) groups excluding carboxylic acids is 1. The van der Waals surface area contributed by atoms with Crippen molar-refractivity contribution in [2.45, 2.75) is 50.7 Å². The number of nitrogens with two attached hydrogens (primary N) is 1. The highest BCUT2D eigenvalue weighted by Crippen LogP contribution is 2.28. The standard InChI is InChI=1S/C16H23ClN2O2/c17-12-8-4-5-9-14(12)19-16(21)15(20)13(18)10-11-6-2-1-3-7-11/h4-5,8-9,11,13,15,20H,1-3,6-7,10,18H2,(H,19,21)/t13-,15?/m1/s1. The highest BCUT2D eigenvalue weighted by Gasteiger charge is 2.26. The Morgan fingerprint density at radius 2 is 2.00 bits per heavy atom. The lowest BCUT2D eigenvalue weighted by Gasteiger charge is -2.26. The molecule has 0 heterocycles. The first-order valence-corrected chi connectivity index (χ1v) is 7.94. The van der Waals surface area contributed by atoms with Crippen LogP contribution in [0.1, 0.15) is 38.5 Å². The maximum Gasteiger partial charge on any atom is 0.254 e. The quantitative estimate of drug-likeness (QED) is 0.782. The van der Waals surface area contributed by atoms with Crippen LogP contribution >= 0.6 is 11.6 Å². The van der Waals surface area contributed by atoms with Gasteiger partial charge in [-0.1, -0.05) is 55.8 Å². The summed E-state index contributed by atoms with van der Waals surface area (Å²) in [6.07, 6.45) is 5.50. The fourth-order valence-electron chi connectivity index (χ4n) is 2.90. The average molecular weight is 311 g/mol. The maximum atomic E-state index is 12.0. The molecule has 1 aromatic carbocycles. The van der Waals surface area contributed by atoms with Crippen molar-refractivity contribution in [1.82, 2.24) is 0 Å². The van der Waals surface area contributed by atoms with Gasteiger partial charge in [-0.3, -0.25) is 4.79 Å². The molecule has 0 bridgehead atoms. The first-order valence-electron chi connectivity index (χ1n) is 7.57. The van der Waals surface area contributed by atoms with Gasteiger partial charge < -0.3 is 16.2 Å². The fraction of sp³-hybridized carbons (Fsp3) is 0.562. The zero-order valence-electron chi connectivity index (χ0n) is 12.1. The third kappa shape index (κ3) is 4.70. The monoisotopic (exact) mass is 310 g/mol. The number of nitrogens with one attached hydrogen (secondary N) is 1. The molecule has 1 aliphatic rings. The Morgan fingerprint density at radius 1 is 1.33 bits per heavy atom. The van der Waals surface area contributed by atoms with Crippen LogP contribution in [0.25, 0.3) is 0 Å². The first-order chi connectivity index (χ1) is 10.1. The molecule has 2 rings (SSSR count). The Morgan fingerprint density at radius 3 is 2.67 bits per heavy atom. The highest BCUT2D eigenvalue weighted by molar-refractivity contribution is 6.33. The second kappa shape index (κ2) is 7.78. The van der Waals surface area contributed by atoms with E-state index in [2.05, 4.69) is 5.32 Å². The Hall–Kier alpha value is -1.10. The van der Waals surface area contributed by atoms with Gasteiger partial charge in [0.2, 0.25) is 0 Å². The van der Waals surface area contributed by atoms with E-state index in [1.54, 1.807) is 24.3 Å². The molecule has 0 radical (unpaired) electrons. The minimum absolute atomic E-state index is 0.443. The number of hydrogen-bond acceptors (Lipinski definition) is 3. The van der Waals surface area contributed by atoms with E-state index in [-0.39, 0.29) is 0 Å². The molecule has 1 unspecified atom stereocenters. The average Bonchev–Trinajstić information content (AvgIpc) is 2.49. The molecular weight excluding hydrogens is 288 g/mol. The molecule has 21 heavy (non-hydrogen) atoms. The molecular formula is C16H23ClN2O2. The molecule has 0 aromatic heterocycles. The Bertz CT molecular complexity index is 475. The fourth-order valence-corrected chi connectivity index (χ4v) is 3.08. The van der Waals surface area contributed by atoms with E-state index in [0.717, 1.165) is 12.8 Å². The highest BCUT2D eigenvalue weighted by atomic mass is 35.5. The van der Waals surface area contributed by atoms with Crippen molar-refractivity contribution in [3.05, 3.63) is 29.3 Å². The van der Waals surface area contributed by atoms with Crippen LogP contribution < -0.4 is 11.1 Å². The van der Waals surface area contributed by atoms with Crippen molar-refractivity contribution in [2.24, 2.45) is 11.7 Å². The molecule has 1 aromatic rings. The van der Waals surface area contributed by atoms with E-state index in [9.17, 15) is 9.90 Å². The summed E-state index contributed by atoms with van der Waals surface area (Å²) in [5.74, 6) is 0.0305. The third-order valence-corrected chi connectivity index (χ3v) is 4.47. The third-order valence-electron chi connectivity index (χ3n) is 4.14. The minimum Gasteiger partial charge on any atom is -0.382 e. The van der Waals surface area contributed by atoms with Gasteiger partial charge in [-0.25, -0.2) is 0 Å². The summed E-state index contributed by atoms with van der Waals surface area (Å²) in [4.78, 5) is 12.0. The molecule has 5 heteroatoms. The van der Waals surface area contributed by atoms with E-state index < -0.39 is 18.1 Å². The smallest absolute Gasteiger partial charge is 0.254 e. The van der Waals surface area contributed by atoms with Crippen molar-refractivity contribution in [2.75, 3.05) is 5.32 Å². The molecule has 116 valence electrons. The van der Waals surface area contributed by atoms with Crippen LogP contribution in [-0.2, 0) is 4.79 Å². The second-order valence-corrected chi connectivity index (χ2v) is 6.22. The number of amides is 1. The normalized spacial score (nSPS) is 19.0. The van der Waals surface area contributed by atoms with E-state index in [1.807, 2.05) is 0 Å². The van der Waals surface area contributed by atoms with Crippen molar-refractivity contribution < 1.29 is 9.90 Å². The van der Waals surface area contributed by atoms with Gasteiger partial charge in [0.1, 0.15) is 6.10 Å². The SMILES string of the molecule is N[C@H](CC1CCCCC1)C(O)C(=O)Nc1ccccc1Cl. The number of aliphatic hydroxyl groups excluding tert-OH is 1. The zero-order chi connectivity index (χ0) is 15.2. The molecule has 1 fully saturated rings. The molecule has 0 aliphatic heterocycles. The number of para-hydroxylation sites is 1. The summed E-state index contributed by atoms with van der Waals surface area (Å²) in [7, 11) is 0. The van der Waals surface area contributed by atoms with E-state index >= 15 is 0 Å². The second-order valence-electron chi connectivity index (χ2n) is 5.82. The number of rotatable bonds is 5. The van der Waals surface area contributed by atoms with Gasteiger partial charge in [0, 0.05) is 6.04 Å². The van der Waals surface area contributed by atoms with Crippen LogP contribution in [-0.4, -0.2) is 23.2 Å². The van der Waals surface area contributed by atoms with Gasteiger partial charge in [-0.2, -0.15) is 0 Å². The lowest BCUT2D eigenvalue weighted by atomic mass is 9.84. The van der Waals surface area contributed by atoms with Crippen LogP contribution in [0.2, 0.25) is 5.02 Å². The largest absolute Gasteiger partial charge is 0.382 e. The molecule has 2 atom stereocenters. The van der Waals surface area contributed by atoms with E-state index in [4.69, 9.17) is 17.3 Å². The summed E-state index contributed by atoms with van der Waals surface area (Å²) >= 11 is 5.98. The molecule has 4 nitrogen and oxygen atoms in total. The summed E-state index contributed by atoms with van der Waals surface area (Å²) in [6.45, 7) is 0. The predicted octanol–water partition coefficient (Wildman–Crippen LogP) is 2.94. The minimum atomic E-state index is -1.21. The van der Waals surface area contributed by atoms with Gasteiger partial charge in [-0.15, -0.1) is 0 Å². The molecule has 1 saturated carbocycles. The summed E-state index contributed by atoms with van der Waals surface area (Å²) in [5, 5.41) is 13.2. The van der Waals surface area contributed by atoms with Crippen LogP contribution in [0.5, 0.6) is 0 Å². The van der Waals surface area contributed by atoms with Gasteiger partial charge in [0.25, 0.3) is 5.91 Å². The molecule has 0 spiro atoms. The van der Waals surface area contributed by atoms with Crippen molar-refractivity contribution in [3.8, 4) is 0 Å². The number of halogens is 1. The molecule has 1 amide bonds. The Kier molecular flexibility index (Phi) is 6.03. The molecule has 1 aliphatic carbocycles. The van der Waals surface area contributed by atoms with Crippen LogP contribution in [0, 0.1) is 5.92 Å². The number of aliphatic hydroxyl groups is 1. The Balaban J connectivity index is 1.87. The topological polar surface area (TPSA) is 75.3 Å².